The lowest BCUT2D eigenvalue weighted by Crippen LogP contribution is -2.44. The number of aliphatic hydroxyl groups is 2. The number of carbonyl (C=O) groups is 1. The van der Waals surface area contributed by atoms with E-state index in [2.05, 4.69) is 53.4 Å². The van der Waals surface area contributed by atoms with Crippen molar-refractivity contribution in [1.82, 2.24) is 0 Å². The molecule has 0 aromatic heterocycles. The highest BCUT2D eigenvalue weighted by atomic mass is 28.4. The van der Waals surface area contributed by atoms with Gasteiger partial charge in [-0.15, -0.1) is 0 Å². The summed E-state index contributed by atoms with van der Waals surface area (Å²) in [6.45, 7) is 16.7. The molecule has 0 spiro atoms. The van der Waals surface area contributed by atoms with Crippen LogP contribution in [-0.4, -0.2) is 58.1 Å². The van der Waals surface area contributed by atoms with E-state index in [9.17, 15) is 15.0 Å². The molecule has 0 bridgehead atoms. The summed E-state index contributed by atoms with van der Waals surface area (Å²) >= 11 is 0. The number of allylic oxidation sites excluding steroid dienone is 2. The molecule has 0 saturated carbocycles. The molecule has 2 atom stereocenters. The minimum absolute atomic E-state index is 0.0847. The maximum atomic E-state index is 12.9. The van der Waals surface area contributed by atoms with Crippen molar-refractivity contribution in [2.75, 3.05) is 13.2 Å². The minimum atomic E-state index is -2.10. The monoisotopic (exact) mass is 496 g/mol. The molecule has 7 heteroatoms. The quantitative estimate of drug-likeness (QED) is 0.126. The van der Waals surface area contributed by atoms with E-state index in [4.69, 9.17) is 8.85 Å². The van der Waals surface area contributed by atoms with Crippen LogP contribution in [0.4, 0.5) is 0 Å². The van der Waals surface area contributed by atoms with Crippen LogP contribution in [0, 0.1) is 11.8 Å². The molecular formula is C26H48O5Si2. The number of rotatable bonds is 16. The summed E-state index contributed by atoms with van der Waals surface area (Å²) in [5.41, 5.74) is 1.49. The van der Waals surface area contributed by atoms with E-state index < -0.39 is 28.8 Å². The first-order chi connectivity index (χ1) is 15.6. The van der Waals surface area contributed by atoms with Gasteiger partial charge in [-0.3, -0.25) is 4.79 Å². The lowest BCUT2D eigenvalue weighted by Gasteiger charge is -2.33. The fourth-order valence-corrected chi connectivity index (χ4v) is 9.24. The van der Waals surface area contributed by atoms with Gasteiger partial charge in [0.1, 0.15) is 6.10 Å². The number of hydrogen-bond donors (Lipinski definition) is 2. The van der Waals surface area contributed by atoms with Crippen LogP contribution in [0.3, 0.4) is 0 Å². The normalized spacial score (nSPS) is 14.3. The Balaban J connectivity index is 5.68. The van der Waals surface area contributed by atoms with Crippen molar-refractivity contribution in [1.29, 1.82) is 0 Å². The molecule has 0 rings (SSSR count). The van der Waals surface area contributed by atoms with Gasteiger partial charge >= 0.3 is 0 Å². The first-order valence-electron chi connectivity index (χ1n) is 12.6. The largest absolute Gasteiger partial charge is 0.413 e. The predicted molar refractivity (Wildman–Crippen MR) is 143 cm³/mol. The fourth-order valence-electron chi connectivity index (χ4n) is 3.88. The average Bonchev–Trinajstić information content (AvgIpc) is 2.82. The van der Waals surface area contributed by atoms with Crippen LogP contribution >= 0.6 is 0 Å². The van der Waals surface area contributed by atoms with Gasteiger partial charge in [0.2, 0.25) is 5.78 Å². The second-order valence-corrected chi connectivity index (χ2v) is 18.4. The maximum Gasteiger partial charge on any atom is 0.233 e. The molecule has 0 radical (unpaired) electrons. The highest BCUT2D eigenvalue weighted by molar-refractivity contribution is 6.74. The SMILES string of the molecule is CC[Si](CC)(CC)OC/C=C(/CO)[C@@H](O)C[C@H](O[Si](CC)(CC)CC)C(=O)C#CC=C(C)C. The van der Waals surface area contributed by atoms with E-state index in [1.165, 1.54) is 0 Å². The van der Waals surface area contributed by atoms with Gasteiger partial charge in [0, 0.05) is 6.42 Å². The smallest absolute Gasteiger partial charge is 0.233 e. The minimum Gasteiger partial charge on any atom is -0.413 e. The standard InChI is InChI=1S/C26H48O5Si2/c1-9-32(10-2,11-3)30-19-18-23(21-27)25(29)20-26(24(28)17-15-16-22(7)8)31-33(12-4,13-5)14-6/h16,18,25-27,29H,9-14,19-21H2,1-8H3/b23-18-/t25-,26-/m0/s1. The maximum absolute atomic E-state index is 12.9. The number of hydrogen-bond acceptors (Lipinski definition) is 5. The molecule has 0 amide bonds. The molecule has 0 unspecified atom stereocenters. The van der Waals surface area contributed by atoms with Crippen molar-refractivity contribution < 1.29 is 23.9 Å². The summed E-state index contributed by atoms with van der Waals surface area (Å²) in [6, 6.07) is 5.81. The Labute approximate surface area is 204 Å². The zero-order valence-corrected chi connectivity index (χ0v) is 24.3. The molecular weight excluding hydrogens is 448 g/mol. The molecule has 0 saturated heterocycles. The Morgan fingerprint density at radius 2 is 1.45 bits per heavy atom. The molecule has 0 aliphatic rings. The van der Waals surface area contributed by atoms with Gasteiger partial charge in [-0.2, -0.15) is 0 Å². The lowest BCUT2D eigenvalue weighted by atomic mass is 10.0. The number of ketones is 1. The van der Waals surface area contributed by atoms with Gasteiger partial charge < -0.3 is 19.1 Å². The van der Waals surface area contributed by atoms with Gasteiger partial charge in [0.15, 0.2) is 16.6 Å². The topological polar surface area (TPSA) is 76.0 Å². The third-order valence-electron chi connectivity index (χ3n) is 6.89. The summed E-state index contributed by atoms with van der Waals surface area (Å²) in [4.78, 5) is 12.9. The Bertz CT molecular complexity index is 677. The van der Waals surface area contributed by atoms with Crippen molar-refractivity contribution in [2.45, 2.75) is 110 Å². The zero-order valence-electron chi connectivity index (χ0n) is 22.3. The van der Waals surface area contributed by atoms with Gasteiger partial charge in [0.25, 0.3) is 0 Å². The second kappa shape index (κ2) is 16.6. The molecule has 0 aliphatic carbocycles. The Hall–Kier alpha value is -1.02. The van der Waals surface area contributed by atoms with Gasteiger partial charge in [0.05, 0.1) is 19.3 Å². The van der Waals surface area contributed by atoms with Crippen LogP contribution in [0.25, 0.3) is 0 Å². The Kier molecular flexibility index (Phi) is 16.1. The molecule has 2 N–H and O–H groups in total. The van der Waals surface area contributed by atoms with E-state index >= 15 is 0 Å². The van der Waals surface area contributed by atoms with Crippen molar-refractivity contribution >= 4 is 22.4 Å². The highest BCUT2D eigenvalue weighted by Gasteiger charge is 2.35. The molecule has 190 valence electrons. The number of aliphatic hydroxyl groups excluding tert-OH is 2. The summed E-state index contributed by atoms with van der Waals surface area (Å²) in [7, 11) is -3.85. The number of Topliss-reactive ketones (excluding diaryl/α,β-unsaturated/α-hetero) is 1. The first kappa shape index (κ1) is 32.0. The van der Waals surface area contributed by atoms with Crippen LogP contribution in [0.15, 0.2) is 23.3 Å². The van der Waals surface area contributed by atoms with Gasteiger partial charge in [-0.05, 0) is 67.7 Å². The van der Waals surface area contributed by atoms with E-state index in [0.717, 1.165) is 41.8 Å². The molecule has 0 fully saturated rings. The first-order valence-corrected chi connectivity index (χ1v) is 17.7. The molecule has 0 heterocycles. The van der Waals surface area contributed by atoms with Crippen molar-refractivity contribution in [3.63, 3.8) is 0 Å². The summed E-state index contributed by atoms with van der Waals surface area (Å²) in [6.07, 6.45) is 1.76. The lowest BCUT2D eigenvalue weighted by molar-refractivity contribution is -0.121. The third-order valence-corrected chi connectivity index (χ3v) is 16.2. The van der Waals surface area contributed by atoms with Crippen LogP contribution in [0.2, 0.25) is 36.3 Å². The van der Waals surface area contributed by atoms with Gasteiger partial charge in [-0.25, -0.2) is 0 Å². The molecule has 5 nitrogen and oxygen atoms in total. The Morgan fingerprint density at radius 3 is 1.88 bits per heavy atom. The van der Waals surface area contributed by atoms with Crippen molar-refractivity contribution in [2.24, 2.45) is 0 Å². The van der Waals surface area contributed by atoms with Crippen LogP contribution in [0.1, 0.15) is 61.8 Å². The molecule has 0 aromatic carbocycles. The van der Waals surface area contributed by atoms with Crippen molar-refractivity contribution in [3.8, 4) is 11.8 Å². The number of carbonyl (C=O) groups excluding carboxylic acids is 1. The fraction of sp³-hybridized carbons (Fsp3) is 0.731. The predicted octanol–water partition coefficient (Wildman–Crippen LogP) is 5.61. The zero-order chi connectivity index (χ0) is 25.5. The van der Waals surface area contributed by atoms with Gasteiger partial charge in [-0.1, -0.05) is 59.1 Å². The third kappa shape index (κ3) is 10.8. The highest BCUT2D eigenvalue weighted by Crippen LogP contribution is 2.26. The summed E-state index contributed by atoms with van der Waals surface area (Å²) in [5, 5.41) is 20.8. The van der Waals surface area contributed by atoms with E-state index in [1.54, 1.807) is 12.2 Å². The molecule has 33 heavy (non-hydrogen) atoms. The second-order valence-electron chi connectivity index (χ2n) is 8.95. The van der Waals surface area contributed by atoms with E-state index in [-0.39, 0.29) is 18.8 Å². The average molecular weight is 497 g/mol. The molecule has 0 aliphatic heterocycles. The van der Waals surface area contributed by atoms with Crippen LogP contribution < -0.4 is 0 Å². The van der Waals surface area contributed by atoms with E-state index in [0.29, 0.717) is 12.2 Å². The van der Waals surface area contributed by atoms with E-state index in [1.807, 2.05) is 13.8 Å². The Morgan fingerprint density at radius 1 is 0.939 bits per heavy atom. The molecule has 0 aromatic rings. The summed E-state index contributed by atoms with van der Waals surface area (Å²) < 4.78 is 12.7. The van der Waals surface area contributed by atoms with Crippen molar-refractivity contribution in [3.05, 3.63) is 23.3 Å². The van der Waals surface area contributed by atoms with Crippen LogP contribution in [-0.2, 0) is 13.6 Å². The summed E-state index contributed by atoms with van der Waals surface area (Å²) in [5.74, 6) is 5.16. The van der Waals surface area contributed by atoms with Crippen LogP contribution in [0.5, 0.6) is 0 Å².